The van der Waals surface area contributed by atoms with E-state index in [2.05, 4.69) is 13.8 Å². The Labute approximate surface area is 79.9 Å². The minimum absolute atomic E-state index is 0.110. The summed E-state index contributed by atoms with van der Waals surface area (Å²) in [6, 6.07) is 1.92. The lowest BCUT2D eigenvalue weighted by Gasteiger charge is -2.34. The first kappa shape index (κ1) is 10.2. The van der Waals surface area contributed by atoms with Gasteiger partial charge in [-0.05, 0) is 31.1 Å². The van der Waals surface area contributed by atoms with Crippen molar-refractivity contribution in [1.82, 2.24) is 0 Å². The number of nitrogens with zero attached hydrogens (tertiary/aromatic N) is 1. The lowest BCUT2D eigenvalue weighted by molar-refractivity contribution is -0.126. The molecule has 0 unspecified atom stereocenters. The van der Waals surface area contributed by atoms with Crippen LogP contribution in [0.5, 0.6) is 0 Å². The molecule has 0 aliphatic heterocycles. The molecule has 0 N–H and O–H groups in total. The van der Waals surface area contributed by atoms with Gasteiger partial charge in [0.2, 0.25) is 0 Å². The number of hydrogen-bond donors (Lipinski definition) is 0. The van der Waals surface area contributed by atoms with E-state index in [0.717, 1.165) is 24.7 Å². The van der Waals surface area contributed by atoms with E-state index in [1.807, 2.05) is 6.07 Å². The van der Waals surface area contributed by atoms with Crippen molar-refractivity contribution < 1.29 is 4.79 Å². The Hall–Kier alpha value is -0.840. The van der Waals surface area contributed by atoms with Gasteiger partial charge in [-0.3, -0.25) is 4.79 Å². The summed E-state index contributed by atoms with van der Waals surface area (Å²) in [5, 5.41) is 8.35. The molecule has 1 fully saturated rings. The summed E-state index contributed by atoms with van der Waals surface area (Å²) >= 11 is 0. The second-order valence-corrected chi connectivity index (χ2v) is 4.47. The van der Waals surface area contributed by atoms with Crippen molar-refractivity contribution in [2.75, 3.05) is 0 Å². The van der Waals surface area contributed by atoms with Gasteiger partial charge in [-0.2, -0.15) is 5.26 Å². The van der Waals surface area contributed by atoms with Crippen LogP contribution in [-0.2, 0) is 4.79 Å². The first-order valence-electron chi connectivity index (χ1n) is 5.03. The minimum atomic E-state index is 0.110. The highest BCUT2D eigenvalue weighted by molar-refractivity contribution is 5.83. The maximum Gasteiger partial charge on any atom is 0.149 e. The number of nitriles is 1. The van der Waals surface area contributed by atoms with Gasteiger partial charge in [0.1, 0.15) is 5.78 Å². The molecule has 1 aliphatic carbocycles. The third-order valence-corrected chi connectivity index (χ3v) is 2.75. The van der Waals surface area contributed by atoms with Crippen molar-refractivity contribution >= 4 is 5.78 Å². The molecule has 0 bridgehead atoms. The van der Waals surface area contributed by atoms with Crippen LogP contribution in [0.1, 0.15) is 39.5 Å². The maximum atomic E-state index is 11.2. The molecule has 0 radical (unpaired) electrons. The second-order valence-electron chi connectivity index (χ2n) is 4.47. The topological polar surface area (TPSA) is 40.9 Å². The lowest BCUT2D eigenvalue weighted by atomic mass is 9.69. The molecule has 0 atom stereocenters. The fourth-order valence-electron chi connectivity index (χ4n) is 2.08. The molecule has 2 heteroatoms. The summed E-state index contributed by atoms with van der Waals surface area (Å²) in [4.78, 5) is 11.2. The first-order chi connectivity index (χ1) is 6.13. The van der Waals surface area contributed by atoms with Crippen molar-refractivity contribution in [2.24, 2.45) is 17.8 Å². The molecule has 0 amide bonds. The van der Waals surface area contributed by atoms with E-state index in [1.54, 1.807) is 0 Å². The molecular weight excluding hydrogens is 162 g/mol. The second kappa shape index (κ2) is 4.41. The molecule has 2 nitrogen and oxygen atoms in total. The van der Waals surface area contributed by atoms with E-state index in [9.17, 15) is 4.79 Å². The molecule has 0 spiro atoms. The third-order valence-electron chi connectivity index (χ3n) is 2.75. The Morgan fingerprint density at radius 1 is 1.54 bits per heavy atom. The zero-order chi connectivity index (χ0) is 9.84. The Balaban J connectivity index is 2.18. The van der Waals surface area contributed by atoms with Gasteiger partial charge in [-0.15, -0.1) is 0 Å². The maximum absolute atomic E-state index is 11.2. The molecule has 0 heterocycles. The van der Waals surface area contributed by atoms with Crippen LogP contribution >= 0.6 is 0 Å². The van der Waals surface area contributed by atoms with E-state index < -0.39 is 0 Å². The fraction of sp³-hybridized carbons (Fsp3) is 0.818. The predicted molar refractivity (Wildman–Crippen MR) is 50.9 cm³/mol. The van der Waals surface area contributed by atoms with Crippen molar-refractivity contribution in [3.05, 3.63) is 0 Å². The van der Waals surface area contributed by atoms with Crippen molar-refractivity contribution in [3.8, 4) is 6.07 Å². The molecule has 0 aromatic carbocycles. The summed E-state index contributed by atoms with van der Waals surface area (Å²) in [7, 11) is 0. The summed E-state index contributed by atoms with van der Waals surface area (Å²) in [6.07, 6.45) is 3.40. The highest BCUT2D eigenvalue weighted by atomic mass is 16.1. The molecular formula is C11H17NO. The van der Waals surface area contributed by atoms with Crippen LogP contribution in [0.3, 0.4) is 0 Å². The Morgan fingerprint density at radius 3 is 2.62 bits per heavy atom. The summed E-state index contributed by atoms with van der Waals surface area (Å²) < 4.78 is 0. The van der Waals surface area contributed by atoms with Crippen molar-refractivity contribution in [3.63, 3.8) is 0 Å². The number of carbonyl (C=O) groups excluding carboxylic acids is 1. The lowest BCUT2D eigenvalue weighted by Crippen LogP contribution is -2.31. The minimum Gasteiger partial charge on any atom is -0.298 e. The van der Waals surface area contributed by atoms with Gasteiger partial charge in [0, 0.05) is 5.92 Å². The monoisotopic (exact) mass is 179 g/mol. The third kappa shape index (κ3) is 2.84. The molecule has 0 aromatic heterocycles. The van der Waals surface area contributed by atoms with E-state index in [1.165, 1.54) is 6.42 Å². The first-order valence-corrected chi connectivity index (χ1v) is 5.03. The Kier molecular flexibility index (Phi) is 3.48. The molecule has 0 saturated heterocycles. The highest BCUT2D eigenvalue weighted by Gasteiger charge is 2.33. The average molecular weight is 179 g/mol. The summed E-state index contributed by atoms with van der Waals surface area (Å²) in [5.74, 6) is 1.84. The van der Waals surface area contributed by atoms with Crippen LogP contribution in [0.15, 0.2) is 0 Å². The van der Waals surface area contributed by atoms with Gasteiger partial charge in [0.15, 0.2) is 0 Å². The largest absolute Gasteiger partial charge is 0.298 e. The van der Waals surface area contributed by atoms with E-state index >= 15 is 0 Å². The number of carbonyl (C=O) groups is 1. The smallest absolute Gasteiger partial charge is 0.149 e. The van der Waals surface area contributed by atoms with Crippen LogP contribution in [-0.4, -0.2) is 5.78 Å². The Morgan fingerprint density at radius 2 is 2.15 bits per heavy atom. The standard InChI is InChI=1S/C11H17NO/c1-8(2)5-9-6-10(7-9)11(13)3-4-12/h8-10H,3,5-7H2,1-2H3. The highest BCUT2D eigenvalue weighted by Crippen LogP contribution is 2.38. The molecule has 72 valence electrons. The van der Waals surface area contributed by atoms with Gasteiger partial charge in [-0.1, -0.05) is 13.8 Å². The van der Waals surface area contributed by atoms with Crippen LogP contribution < -0.4 is 0 Å². The van der Waals surface area contributed by atoms with Crippen molar-refractivity contribution in [2.45, 2.75) is 39.5 Å². The molecule has 0 aromatic rings. The number of ketones is 1. The van der Waals surface area contributed by atoms with E-state index in [4.69, 9.17) is 5.26 Å². The van der Waals surface area contributed by atoms with Crippen molar-refractivity contribution in [1.29, 1.82) is 5.26 Å². The molecule has 13 heavy (non-hydrogen) atoms. The van der Waals surface area contributed by atoms with Gasteiger partial charge in [0.25, 0.3) is 0 Å². The van der Waals surface area contributed by atoms with Gasteiger partial charge >= 0.3 is 0 Å². The van der Waals surface area contributed by atoms with Crippen LogP contribution in [0.2, 0.25) is 0 Å². The molecule has 1 rings (SSSR count). The Bertz CT molecular complexity index is 221. The number of Topliss-reactive ketones (excluding diaryl/α,β-unsaturated/α-hetero) is 1. The quantitative estimate of drug-likeness (QED) is 0.665. The number of rotatable bonds is 4. The number of hydrogen-bond acceptors (Lipinski definition) is 2. The summed E-state index contributed by atoms with van der Waals surface area (Å²) in [6.45, 7) is 4.43. The van der Waals surface area contributed by atoms with Gasteiger partial charge < -0.3 is 0 Å². The zero-order valence-corrected chi connectivity index (χ0v) is 8.42. The average Bonchev–Trinajstić information content (AvgIpc) is 1.95. The van der Waals surface area contributed by atoms with Gasteiger partial charge in [0.05, 0.1) is 12.5 Å². The van der Waals surface area contributed by atoms with E-state index in [0.29, 0.717) is 0 Å². The van der Waals surface area contributed by atoms with Crippen LogP contribution in [0.4, 0.5) is 0 Å². The molecule has 1 saturated carbocycles. The predicted octanol–water partition coefficient (Wildman–Crippen LogP) is 2.54. The van der Waals surface area contributed by atoms with Gasteiger partial charge in [-0.25, -0.2) is 0 Å². The zero-order valence-electron chi connectivity index (χ0n) is 8.42. The fourth-order valence-corrected chi connectivity index (χ4v) is 2.08. The normalized spacial score (nSPS) is 26.6. The van der Waals surface area contributed by atoms with Crippen LogP contribution in [0.25, 0.3) is 0 Å². The van der Waals surface area contributed by atoms with Crippen LogP contribution in [0, 0.1) is 29.1 Å². The summed E-state index contributed by atoms with van der Waals surface area (Å²) in [5.41, 5.74) is 0. The SMILES string of the molecule is CC(C)CC1CC(C(=O)CC#N)C1. The molecule has 1 aliphatic rings. The van der Waals surface area contributed by atoms with E-state index in [-0.39, 0.29) is 18.1 Å².